The molecule has 84 valence electrons. The van der Waals surface area contributed by atoms with Crippen molar-refractivity contribution < 1.29 is 9.53 Å². The summed E-state index contributed by atoms with van der Waals surface area (Å²) in [6, 6.07) is 7.81. The lowest BCUT2D eigenvalue weighted by Gasteiger charge is -2.24. The first-order valence-electron chi connectivity index (χ1n) is 5.09. The van der Waals surface area contributed by atoms with E-state index in [9.17, 15) is 4.79 Å². The predicted octanol–water partition coefficient (Wildman–Crippen LogP) is 3.63. The van der Waals surface area contributed by atoms with E-state index in [1.807, 2.05) is 38.1 Å². The van der Waals surface area contributed by atoms with Gasteiger partial charge in [0.05, 0.1) is 0 Å². The zero-order chi connectivity index (χ0) is 11.9. The van der Waals surface area contributed by atoms with Crippen molar-refractivity contribution >= 4 is 21.9 Å². The Morgan fingerprint density at radius 3 is 2.31 bits per heavy atom. The van der Waals surface area contributed by atoms with E-state index in [0.29, 0.717) is 5.57 Å². The number of halogens is 1. The second-order valence-electron chi connectivity index (χ2n) is 4.54. The highest BCUT2D eigenvalue weighted by Gasteiger charge is 2.46. The molecule has 0 unspecified atom stereocenters. The quantitative estimate of drug-likeness (QED) is 0.580. The number of hydrogen-bond donors (Lipinski definition) is 0. The molecule has 1 aliphatic rings. The summed E-state index contributed by atoms with van der Waals surface area (Å²) in [4.78, 5) is 11.5. The number of carbonyl (C=O) groups excluding carboxylic acids is 1. The molecule has 1 aromatic carbocycles. The standard InChI is InChI=1S/C13H13BrO2/c1-8-12(15)16-11(13(8,2)3)9-4-6-10(14)7-5-9/h4-7,11H,1H2,2-3H3/t11-/m0/s1. The van der Waals surface area contributed by atoms with Gasteiger partial charge in [-0.05, 0) is 17.7 Å². The molecule has 1 atom stereocenters. The normalized spacial score (nSPS) is 23.3. The highest BCUT2D eigenvalue weighted by molar-refractivity contribution is 9.10. The summed E-state index contributed by atoms with van der Waals surface area (Å²) >= 11 is 3.38. The molecule has 1 fully saturated rings. The average Bonchev–Trinajstić information content (AvgIpc) is 2.44. The highest BCUT2D eigenvalue weighted by atomic mass is 79.9. The second-order valence-corrected chi connectivity index (χ2v) is 5.45. The Bertz CT molecular complexity index is 446. The molecule has 1 aromatic rings. The smallest absolute Gasteiger partial charge is 0.334 e. The lowest BCUT2D eigenvalue weighted by molar-refractivity contribution is -0.140. The zero-order valence-electron chi connectivity index (χ0n) is 9.29. The first-order chi connectivity index (χ1) is 7.43. The van der Waals surface area contributed by atoms with Gasteiger partial charge in [-0.1, -0.05) is 48.5 Å². The van der Waals surface area contributed by atoms with Gasteiger partial charge in [-0.25, -0.2) is 4.79 Å². The monoisotopic (exact) mass is 280 g/mol. The van der Waals surface area contributed by atoms with E-state index in [1.54, 1.807) is 0 Å². The summed E-state index contributed by atoms with van der Waals surface area (Å²) in [5.74, 6) is -0.294. The lowest BCUT2D eigenvalue weighted by atomic mass is 9.79. The molecule has 0 radical (unpaired) electrons. The van der Waals surface area contributed by atoms with E-state index in [-0.39, 0.29) is 17.5 Å². The third kappa shape index (κ3) is 1.69. The molecule has 1 aliphatic heterocycles. The molecule has 1 saturated heterocycles. The van der Waals surface area contributed by atoms with Crippen LogP contribution in [0, 0.1) is 5.41 Å². The molecule has 2 nitrogen and oxygen atoms in total. The summed E-state index contributed by atoms with van der Waals surface area (Å²) in [6.45, 7) is 7.76. The molecule has 0 aromatic heterocycles. The van der Waals surface area contributed by atoms with Crippen molar-refractivity contribution in [3.05, 3.63) is 46.5 Å². The Kier molecular flexibility index (Phi) is 2.66. The Balaban J connectivity index is 2.39. The summed E-state index contributed by atoms with van der Waals surface area (Å²) < 4.78 is 6.37. The van der Waals surface area contributed by atoms with Crippen LogP contribution in [0.15, 0.2) is 40.9 Å². The van der Waals surface area contributed by atoms with Crippen LogP contribution in [-0.2, 0) is 9.53 Å². The first kappa shape index (κ1) is 11.4. The molecular weight excluding hydrogens is 268 g/mol. The molecular formula is C13H13BrO2. The van der Waals surface area contributed by atoms with Gasteiger partial charge in [0.25, 0.3) is 0 Å². The number of carbonyl (C=O) groups is 1. The molecule has 0 bridgehead atoms. The van der Waals surface area contributed by atoms with Crippen LogP contribution < -0.4 is 0 Å². The fraction of sp³-hybridized carbons (Fsp3) is 0.308. The Morgan fingerprint density at radius 2 is 1.88 bits per heavy atom. The Hall–Kier alpha value is -1.09. The van der Waals surface area contributed by atoms with Crippen molar-refractivity contribution in [2.24, 2.45) is 5.41 Å². The van der Waals surface area contributed by atoms with Crippen molar-refractivity contribution in [2.45, 2.75) is 20.0 Å². The number of esters is 1. The molecule has 3 heteroatoms. The zero-order valence-corrected chi connectivity index (χ0v) is 10.9. The van der Waals surface area contributed by atoms with Gasteiger partial charge in [0.1, 0.15) is 6.10 Å². The molecule has 2 rings (SSSR count). The van der Waals surface area contributed by atoms with E-state index in [1.165, 1.54) is 0 Å². The van der Waals surface area contributed by atoms with Crippen LogP contribution in [0.1, 0.15) is 25.5 Å². The molecule has 1 heterocycles. The van der Waals surface area contributed by atoms with Crippen LogP contribution in [0.3, 0.4) is 0 Å². The summed E-state index contributed by atoms with van der Waals surface area (Å²) in [5, 5.41) is 0. The Morgan fingerprint density at radius 1 is 1.31 bits per heavy atom. The number of hydrogen-bond acceptors (Lipinski definition) is 2. The van der Waals surface area contributed by atoms with E-state index in [2.05, 4.69) is 22.5 Å². The van der Waals surface area contributed by atoms with Crippen LogP contribution in [0.5, 0.6) is 0 Å². The maximum absolute atomic E-state index is 11.5. The molecule has 0 N–H and O–H groups in total. The number of rotatable bonds is 1. The van der Waals surface area contributed by atoms with Crippen LogP contribution in [0.4, 0.5) is 0 Å². The minimum absolute atomic E-state index is 0.236. The van der Waals surface area contributed by atoms with E-state index in [4.69, 9.17) is 4.74 Å². The maximum atomic E-state index is 11.5. The topological polar surface area (TPSA) is 26.3 Å². The fourth-order valence-electron chi connectivity index (χ4n) is 1.87. The molecule has 16 heavy (non-hydrogen) atoms. The van der Waals surface area contributed by atoms with Gasteiger partial charge in [-0.15, -0.1) is 0 Å². The van der Waals surface area contributed by atoms with Gasteiger partial charge in [0.15, 0.2) is 0 Å². The van der Waals surface area contributed by atoms with Crippen LogP contribution in [-0.4, -0.2) is 5.97 Å². The highest BCUT2D eigenvalue weighted by Crippen LogP contribution is 2.47. The minimum Gasteiger partial charge on any atom is -0.453 e. The number of ether oxygens (including phenoxy) is 1. The van der Waals surface area contributed by atoms with E-state index < -0.39 is 0 Å². The fourth-order valence-corrected chi connectivity index (χ4v) is 2.13. The van der Waals surface area contributed by atoms with Gasteiger partial charge in [0.2, 0.25) is 0 Å². The second kappa shape index (κ2) is 3.74. The first-order valence-corrected chi connectivity index (χ1v) is 5.88. The third-order valence-corrected chi connectivity index (χ3v) is 3.61. The summed E-state index contributed by atoms with van der Waals surface area (Å²) in [7, 11) is 0. The van der Waals surface area contributed by atoms with E-state index >= 15 is 0 Å². The van der Waals surface area contributed by atoms with Crippen molar-refractivity contribution in [2.75, 3.05) is 0 Å². The van der Waals surface area contributed by atoms with Crippen molar-refractivity contribution in [3.8, 4) is 0 Å². The minimum atomic E-state index is -0.342. The number of cyclic esters (lactones) is 1. The van der Waals surface area contributed by atoms with Gasteiger partial charge in [-0.2, -0.15) is 0 Å². The van der Waals surface area contributed by atoms with Crippen molar-refractivity contribution in [3.63, 3.8) is 0 Å². The van der Waals surface area contributed by atoms with E-state index in [0.717, 1.165) is 10.0 Å². The lowest BCUT2D eigenvalue weighted by Crippen LogP contribution is -2.17. The van der Waals surface area contributed by atoms with Crippen LogP contribution in [0.25, 0.3) is 0 Å². The molecule has 0 amide bonds. The number of benzene rings is 1. The Labute approximate surface area is 103 Å². The largest absolute Gasteiger partial charge is 0.453 e. The average molecular weight is 281 g/mol. The maximum Gasteiger partial charge on any atom is 0.334 e. The summed E-state index contributed by atoms with van der Waals surface area (Å²) in [6.07, 6.45) is -0.236. The van der Waals surface area contributed by atoms with Gasteiger partial charge in [-0.3, -0.25) is 0 Å². The van der Waals surface area contributed by atoms with Gasteiger partial charge < -0.3 is 4.74 Å². The molecule has 0 spiro atoms. The summed E-state index contributed by atoms with van der Waals surface area (Å²) in [5.41, 5.74) is 1.20. The third-order valence-electron chi connectivity index (χ3n) is 3.08. The van der Waals surface area contributed by atoms with Crippen LogP contribution in [0.2, 0.25) is 0 Å². The molecule has 0 aliphatic carbocycles. The van der Waals surface area contributed by atoms with Gasteiger partial charge in [0, 0.05) is 15.5 Å². The van der Waals surface area contributed by atoms with Gasteiger partial charge >= 0.3 is 5.97 Å². The predicted molar refractivity (Wildman–Crippen MR) is 65.9 cm³/mol. The van der Waals surface area contributed by atoms with Crippen LogP contribution >= 0.6 is 15.9 Å². The van der Waals surface area contributed by atoms with Crippen molar-refractivity contribution in [1.82, 2.24) is 0 Å². The SMILES string of the molecule is C=C1C(=O)O[C@@H](c2ccc(Br)cc2)C1(C)C. The molecule has 0 saturated carbocycles. The van der Waals surface area contributed by atoms with Crippen molar-refractivity contribution in [1.29, 1.82) is 0 Å².